The Morgan fingerprint density at radius 1 is 1.03 bits per heavy atom. The van der Waals surface area contributed by atoms with Crippen LogP contribution >= 0.6 is 0 Å². The first-order chi connectivity index (χ1) is 16.0. The number of aromatic nitrogens is 1. The van der Waals surface area contributed by atoms with Gasteiger partial charge in [0, 0.05) is 29.7 Å². The first-order valence-corrected chi connectivity index (χ1v) is 12.8. The highest BCUT2D eigenvalue weighted by molar-refractivity contribution is 7.89. The molecule has 7 nitrogen and oxygen atoms in total. The molecule has 4 rings (SSSR count). The normalized spacial score (nSPS) is 18.7. The van der Waals surface area contributed by atoms with E-state index in [1.54, 1.807) is 24.4 Å². The van der Waals surface area contributed by atoms with Crippen molar-refractivity contribution in [2.75, 3.05) is 18.5 Å². The number of amides is 1. The van der Waals surface area contributed by atoms with E-state index in [-0.39, 0.29) is 22.6 Å². The van der Waals surface area contributed by atoms with Gasteiger partial charge < -0.3 is 10.1 Å². The van der Waals surface area contributed by atoms with Gasteiger partial charge in [-0.05, 0) is 74.9 Å². The molecular weight excluding hydrogens is 438 g/mol. The lowest BCUT2D eigenvalue weighted by molar-refractivity contribution is -0.121. The number of pyridine rings is 1. The lowest BCUT2D eigenvalue weighted by atomic mass is 9.81. The largest absolute Gasteiger partial charge is 0.494 e. The first-order valence-electron chi connectivity index (χ1n) is 11.3. The van der Waals surface area contributed by atoms with Crippen molar-refractivity contribution >= 4 is 32.5 Å². The van der Waals surface area contributed by atoms with Crippen LogP contribution in [0.5, 0.6) is 5.75 Å². The molecule has 0 spiro atoms. The predicted molar refractivity (Wildman–Crippen MR) is 129 cm³/mol. The Balaban J connectivity index is 1.29. The molecule has 1 aromatic heterocycles. The van der Waals surface area contributed by atoms with Gasteiger partial charge in [0.2, 0.25) is 15.9 Å². The monoisotopic (exact) mass is 467 g/mol. The maximum absolute atomic E-state index is 12.9. The van der Waals surface area contributed by atoms with Crippen LogP contribution in [0.15, 0.2) is 65.7 Å². The van der Waals surface area contributed by atoms with Crippen LogP contribution in [-0.4, -0.2) is 32.5 Å². The molecule has 1 aliphatic rings. The van der Waals surface area contributed by atoms with Crippen molar-refractivity contribution in [3.63, 3.8) is 0 Å². The van der Waals surface area contributed by atoms with Crippen LogP contribution in [0.1, 0.15) is 32.6 Å². The fourth-order valence-electron chi connectivity index (χ4n) is 4.27. The molecule has 1 fully saturated rings. The van der Waals surface area contributed by atoms with Crippen molar-refractivity contribution in [3.8, 4) is 5.75 Å². The number of benzene rings is 2. The fraction of sp³-hybridized carbons (Fsp3) is 0.360. The van der Waals surface area contributed by atoms with E-state index >= 15 is 0 Å². The number of hydrogen-bond acceptors (Lipinski definition) is 5. The minimum Gasteiger partial charge on any atom is -0.494 e. The summed E-state index contributed by atoms with van der Waals surface area (Å²) in [6.45, 7) is 2.89. The van der Waals surface area contributed by atoms with Gasteiger partial charge in [0.05, 0.1) is 12.1 Å². The molecule has 1 aliphatic carbocycles. The van der Waals surface area contributed by atoms with Crippen molar-refractivity contribution in [2.45, 2.75) is 37.5 Å². The topological polar surface area (TPSA) is 97.4 Å². The molecule has 1 amide bonds. The molecule has 0 radical (unpaired) electrons. The van der Waals surface area contributed by atoms with Crippen LogP contribution in [0.2, 0.25) is 0 Å². The number of hydrogen-bond donors (Lipinski definition) is 2. The minimum atomic E-state index is -3.67. The maximum atomic E-state index is 12.9. The summed E-state index contributed by atoms with van der Waals surface area (Å²) >= 11 is 0. The van der Waals surface area contributed by atoms with Crippen molar-refractivity contribution in [3.05, 3.63) is 60.8 Å². The molecule has 0 unspecified atom stereocenters. The molecule has 0 bridgehead atoms. The summed E-state index contributed by atoms with van der Waals surface area (Å²) in [5, 5.41) is 3.77. The Kier molecular flexibility index (Phi) is 7.25. The van der Waals surface area contributed by atoms with Gasteiger partial charge in [-0.1, -0.05) is 18.2 Å². The zero-order valence-corrected chi connectivity index (χ0v) is 19.5. The Hall–Kier alpha value is -2.97. The number of para-hydroxylation sites is 1. The van der Waals surface area contributed by atoms with Crippen molar-refractivity contribution in [2.24, 2.45) is 11.8 Å². The lowest BCUT2D eigenvalue weighted by Crippen LogP contribution is -2.33. The number of sulfonamides is 1. The van der Waals surface area contributed by atoms with E-state index < -0.39 is 10.0 Å². The zero-order chi connectivity index (χ0) is 23.3. The predicted octanol–water partition coefficient (Wildman–Crippen LogP) is 4.36. The van der Waals surface area contributed by atoms with Crippen LogP contribution in [0.4, 0.5) is 5.69 Å². The third kappa shape index (κ3) is 5.69. The highest BCUT2D eigenvalue weighted by Gasteiger charge is 2.28. The van der Waals surface area contributed by atoms with E-state index in [0.717, 1.165) is 42.5 Å². The summed E-state index contributed by atoms with van der Waals surface area (Å²) in [5.41, 5.74) is 1.23. The quantitative estimate of drug-likeness (QED) is 0.513. The molecule has 2 N–H and O–H groups in total. The van der Waals surface area contributed by atoms with E-state index in [9.17, 15) is 13.2 Å². The molecule has 1 saturated carbocycles. The molecular formula is C25H29N3O4S. The average molecular weight is 468 g/mol. The summed E-state index contributed by atoms with van der Waals surface area (Å²) in [5.74, 6) is 0.932. The highest BCUT2D eigenvalue weighted by atomic mass is 32.2. The van der Waals surface area contributed by atoms with E-state index in [4.69, 9.17) is 4.74 Å². The van der Waals surface area contributed by atoms with Crippen LogP contribution in [0.3, 0.4) is 0 Å². The molecule has 2 aromatic carbocycles. The number of carbonyl (C=O) groups is 1. The molecule has 0 saturated heterocycles. The number of ether oxygens (including phenoxy) is 1. The number of carbonyl (C=O) groups excluding carboxylic acids is 1. The van der Waals surface area contributed by atoms with Crippen molar-refractivity contribution in [1.29, 1.82) is 0 Å². The van der Waals surface area contributed by atoms with Gasteiger partial charge in [-0.3, -0.25) is 9.78 Å². The first kappa shape index (κ1) is 23.2. The maximum Gasteiger partial charge on any atom is 0.242 e. The van der Waals surface area contributed by atoms with Crippen LogP contribution in [0, 0.1) is 11.8 Å². The van der Waals surface area contributed by atoms with Gasteiger partial charge in [-0.15, -0.1) is 0 Å². The molecule has 33 heavy (non-hydrogen) atoms. The van der Waals surface area contributed by atoms with Crippen LogP contribution < -0.4 is 14.8 Å². The van der Waals surface area contributed by atoms with Crippen molar-refractivity contribution < 1.29 is 17.9 Å². The summed E-state index contributed by atoms with van der Waals surface area (Å²) in [7, 11) is -3.67. The van der Waals surface area contributed by atoms with Gasteiger partial charge in [-0.2, -0.15) is 0 Å². The number of nitrogens with one attached hydrogen (secondary N) is 2. The van der Waals surface area contributed by atoms with Crippen molar-refractivity contribution in [1.82, 2.24) is 9.71 Å². The Bertz CT molecular complexity index is 1200. The summed E-state index contributed by atoms with van der Waals surface area (Å²) < 4.78 is 34.0. The second-order valence-corrected chi connectivity index (χ2v) is 10.1. The van der Waals surface area contributed by atoms with Gasteiger partial charge in [0.25, 0.3) is 0 Å². The average Bonchev–Trinajstić information content (AvgIpc) is 2.84. The van der Waals surface area contributed by atoms with Crippen LogP contribution in [0.25, 0.3) is 10.9 Å². The molecule has 1 heterocycles. The second-order valence-electron chi connectivity index (χ2n) is 8.35. The second kappa shape index (κ2) is 10.3. The number of anilines is 1. The Morgan fingerprint density at radius 2 is 1.76 bits per heavy atom. The molecule has 174 valence electrons. The third-order valence-corrected chi connectivity index (χ3v) is 7.55. The Labute approximate surface area is 194 Å². The number of fused-ring (bicyclic) bond motifs is 1. The molecule has 0 atom stereocenters. The molecule has 8 heteroatoms. The van der Waals surface area contributed by atoms with E-state index in [2.05, 4.69) is 15.0 Å². The number of rotatable bonds is 8. The lowest BCUT2D eigenvalue weighted by Gasteiger charge is -2.28. The Morgan fingerprint density at radius 3 is 2.48 bits per heavy atom. The van der Waals surface area contributed by atoms with Gasteiger partial charge in [0.1, 0.15) is 10.6 Å². The number of nitrogens with zero attached hydrogens (tertiary/aromatic N) is 1. The highest BCUT2D eigenvalue weighted by Crippen LogP contribution is 2.30. The third-order valence-electron chi connectivity index (χ3n) is 6.10. The SMILES string of the molecule is CCOc1ccc(NC(=O)C2CCC(CNS(=O)(=O)c3cccc4cccnc34)CC2)cc1. The molecule has 3 aromatic rings. The van der Waals surface area contributed by atoms with Gasteiger partial charge >= 0.3 is 0 Å². The van der Waals surface area contributed by atoms with E-state index in [1.807, 2.05) is 43.3 Å². The van der Waals surface area contributed by atoms with Gasteiger partial charge in [0.15, 0.2) is 0 Å². The fourth-order valence-corrected chi connectivity index (χ4v) is 5.57. The summed E-state index contributed by atoms with van der Waals surface area (Å²) in [6, 6.07) is 16.2. The smallest absolute Gasteiger partial charge is 0.242 e. The molecule has 0 aliphatic heterocycles. The van der Waals surface area contributed by atoms with E-state index in [1.165, 1.54) is 0 Å². The zero-order valence-electron chi connectivity index (χ0n) is 18.7. The standard InChI is InChI=1S/C25H29N3O4S/c1-2-32-22-14-12-21(13-15-22)28-25(29)20-10-8-18(9-11-20)17-27-33(30,31)23-7-3-5-19-6-4-16-26-24(19)23/h3-7,12-16,18,20,27H,2,8-11,17H2,1H3,(H,28,29). The van der Waals surface area contributed by atoms with Crippen LogP contribution in [-0.2, 0) is 14.8 Å². The minimum absolute atomic E-state index is 0.0139. The van der Waals surface area contributed by atoms with Gasteiger partial charge in [-0.25, -0.2) is 13.1 Å². The summed E-state index contributed by atoms with van der Waals surface area (Å²) in [4.78, 5) is 17.1. The van der Waals surface area contributed by atoms with E-state index in [0.29, 0.717) is 18.7 Å². The summed E-state index contributed by atoms with van der Waals surface area (Å²) in [6.07, 6.45) is 4.69.